The van der Waals surface area contributed by atoms with Crippen LogP contribution >= 0.6 is 0 Å². The van der Waals surface area contributed by atoms with E-state index in [2.05, 4.69) is 0 Å². The van der Waals surface area contributed by atoms with E-state index in [1.54, 1.807) is 26.8 Å². The zero-order chi connectivity index (χ0) is 19.2. The lowest BCUT2D eigenvalue weighted by Crippen LogP contribution is -2.55. The van der Waals surface area contributed by atoms with Crippen LogP contribution in [0, 0.1) is 23.2 Å². The summed E-state index contributed by atoms with van der Waals surface area (Å²) in [4.78, 5) is 36.7. The van der Waals surface area contributed by atoms with Crippen molar-refractivity contribution in [1.82, 2.24) is 0 Å². The molecule has 1 N–H and O–H groups in total. The molecule has 2 aliphatic carbocycles. The first-order valence-electron chi connectivity index (χ1n) is 9.23. The molecule has 5 unspecified atom stereocenters. The van der Waals surface area contributed by atoms with Gasteiger partial charge in [-0.2, -0.15) is 0 Å². The van der Waals surface area contributed by atoms with Crippen molar-refractivity contribution in [2.45, 2.75) is 59.5 Å². The molecule has 0 aromatic carbocycles. The molecule has 1 heterocycles. The summed E-state index contributed by atoms with van der Waals surface area (Å²) >= 11 is 0. The number of rotatable bonds is 3. The summed E-state index contributed by atoms with van der Waals surface area (Å²) in [5, 5.41) is 9.84. The maximum atomic E-state index is 12.5. The lowest BCUT2D eigenvalue weighted by molar-refractivity contribution is -0.171. The van der Waals surface area contributed by atoms with E-state index in [9.17, 15) is 19.5 Å². The highest BCUT2D eigenvalue weighted by Gasteiger charge is 2.60. The van der Waals surface area contributed by atoms with Gasteiger partial charge in [0.15, 0.2) is 0 Å². The molecule has 1 fully saturated rings. The number of carboxylic acid groups (broad SMARTS) is 1. The summed E-state index contributed by atoms with van der Waals surface area (Å²) in [7, 11) is 0. The molecule has 0 spiro atoms. The molecule has 3 rings (SSSR count). The minimum Gasteiger partial charge on any atom is -0.481 e. The fraction of sp³-hybridized carbons (Fsp3) is 0.650. The number of allylic oxidation sites excluding steroid dienone is 2. The number of carbonyl (C=O) groups excluding carboxylic acids is 2. The number of carbonyl (C=O) groups is 3. The largest absolute Gasteiger partial charge is 0.481 e. The summed E-state index contributed by atoms with van der Waals surface area (Å²) in [6, 6.07) is 0. The monoisotopic (exact) mass is 362 g/mol. The number of hydrogen-bond acceptors (Lipinski definition) is 5. The first-order chi connectivity index (χ1) is 12.2. The number of ether oxygens (including phenoxy) is 2. The molecule has 142 valence electrons. The number of carboxylic acids is 1. The van der Waals surface area contributed by atoms with E-state index in [4.69, 9.17) is 9.47 Å². The summed E-state index contributed by atoms with van der Waals surface area (Å²) in [5.41, 5.74) is 0.354. The first kappa shape index (κ1) is 18.7. The van der Waals surface area contributed by atoms with Gasteiger partial charge in [0.1, 0.15) is 11.9 Å². The maximum absolute atomic E-state index is 12.5. The molecule has 0 amide bonds. The minimum absolute atomic E-state index is 0.00193. The van der Waals surface area contributed by atoms with Gasteiger partial charge in [0.25, 0.3) is 0 Å². The van der Waals surface area contributed by atoms with E-state index in [1.807, 2.05) is 6.92 Å². The van der Waals surface area contributed by atoms with Gasteiger partial charge < -0.3 is 14.6 Å². The van der Waals surface area contributed by atoms with Crippen molar-refractivity contribution in [3.63, 3.8) is 0 Å². The summed E-state index contributed by atoms with van der Waals surface area (Å²) in [6.07, 6.45) is 3.61. The van der Waals surface area contributed by atoms with Gasteiger partial charge in [-0.05, 0) is 39.5 Å². The number of esters is 2. The van der Waals surface area contributed by atoms with E-state index < -0.39 is 35.3 Å². The SMILES string of the molecule is CC=C(C)C(=O)OC1C2=C(CC3CCCC(C(=O)O)C31C)OC(=O)C2C. The third-order valence-corrected chi connectivity index (χ3v) is 6.60. The number of hydrogen-bond donors (Lipinski definition) is 1. The van der Waals surface area contributed by atoms with Crippen LogP contribution in [0.1, 0.15) is 53.4 Å². The highest BCUT2D eigenvalue weighted by Crippen LogP contribution is 2.58. The molecule has 1 saturated carbocycles. The molecule has 0 radical (unpaired) electrons. The van der Waals surface area contributed by atoms with Gasteiger partial charge in [-0.25, -0.2) is 4.79 Å². The number of aliphatic carboxylic acids is 1. The molecule has 6 heteroatoms. The third kappa shape index (κ3) is 2.66. The molecule has 0 aromatic heterocycles. The Morgan fingerprint density at radius 3 is 2.65 bits per heavy atom. The van der Waals surface area contributed by atoms with Gasteiger partial charge in [-0.1, -0.05) is 19.4 Å². The quantitative estimate of drug-likeness (QED) is 0.612. The zero-order valence-electron chi connectivity index (χ0n) is 15.7. The average Bonchev–Trinajstić information content (AvgIpc) is 2.87. The van der Waals surface area contributed by atoms with Crippen LogP contribution in [0.4, 0.5) is 0 Å². The van der Waals surface area contributed by atoms with Crippen LogP contribution in [-0.2, 0) is 23.9 Å². The number of fused-ring (bicyclic) bond motifs is 1. The first-order valence-corrected chi connectivity index (χ1v) is 9.23. The lowest BCUT2D eigenvalue weighted by Gasteiger charge is -2.52. The smallest absolute Gasteiger partial charge is 0.333 e. The van der Waals surface area contributed by atoms with E-state index in [1.165, 1.54) is 0 Å². The molecule has 6 nitrogen and oxygen atoms in total. The van der Waals surface area contributed by atoms with E-state index >= 15 is 0 Å². The fourth-order valence-electron chi connectivity index (χ4n) is 4.82. The predicted molar refractivity (Wildman–Crippen MR) is 92.8 cm³/mol. The van der Waals surface area contributed by atoms with Crippen molar-refractivity contribution >= 4 is 17.9 Å². The van der Waals surface area contributed by atoms with Crippen molar-refractivity contribution in [2.24, 2.45) is 23.2 Å². The molecular formula is C20H26O6. The molecular weight excluding hydrogens is 336 g/mol. The Hall–Kier alpha value is -2.11. The second kappa shape index (κ2) is 6.56. The van der Waals surface area contributed by atoms with Crippen molar-refractivity contribution in [1.29, 1.82) is 0 Å². The van der Waals surface area contributed by atoms with Crippen molar-refractivity contribution in [3.05, 3.63) is 23.0 Å². The zero-order valence-corrected chi connectivity index (χ0v) is 15.7. The third-order valence-electron chi connectivity index (χ3n) is 6.60. The van der Waals surface area contributed by atoms with E-state index in [-0.39, 0.29) is 11.9 Å². The molecule has 0 aromatic rings. The van der Waals surface area contributed by atoms with Crippen molar-refractivity contribution in [3.8, 4) is 0 Å². The molecule has 1 aliphatic heterocycles. The Morgan fingerprint density at radius 2 is 2.04 bits per heavy atom. The Balaban J connectivity index is 2.10. The van der Waals surface area contributed by atoms with Crippen LogP contribution in [0.2, 0.25) is 0 Å². The van der Waals surface area contributed by atoms with Crippen molar-refractivity contribution < 1.29 is 29.0 Å². The maximum Gasteiger partial charge on any atom is 0.333 e. The van der Waals surface area contributed by atoms with Gasteiger partial charge in [-0.3, -0.25) is 9.59 Å². The summed E-state index contributed by atoms with van der Waals surface area (Å²) in [6.45, 7) is 7.04. The molecule has 26 heavy (non-hydrogen) atoms. The molecule has 0 bridgehead atoms. The Bertz CT molecular complexity index is 718. The van der Waals surface area contributed by atoms with Crippen LogP contribution in [0.5, 0.6) is 0 Å². The lowest BCUT2D eigenvalue weighted by atomic mass is 9.53. The van der Waals surface area contributed by atoms with Crippen LogP contribution < -0.4 is 0 Å². The Labute approximate surface area is 153 Å². The predicted octanol–water partition coefficient (Wildman–Crippen LogP) is 3.22. The summed E-state index contributed by atoms with van der Waals surface area (Å²) < 4.78 is 11.3. The molecule has 0 saturated heterocycles. The topological polar surface area (TPSA) is 89.9 Å². The highest BCUT2D eigenvalue weighted by molar-refractivity contribution is 5.88. The molecule has 5 atom stereocenters. The Morgan fingerprint density at radius 1 is 1.35 bits per heavy atom. The van der Waals surface area contributed by atoms with Crippen LogP contribution in [0.25, 0.3) is 0 Å². The standard InChI is InChI=1S/C20H26O6/c1-5-10(2)18(23)26-16-15-11(3)19(24)25-14(15)9-12-7-6-8-13(17(21)22)20(12,16)4/h5,11-13,16H,6-9H2,1-4H3,(H,21,22). The molecule has 3 aliphatic rings. The van der Waals surface area contributed by atoms with Gasteiger partial charge in [-0.15, -0.1) is 0 Å². The van der Waals surface area contributed by atoms with Gasteiger partial charge in [0.2, 0.25) is 0 Å². The second-order valence-corrected chi connectivity index (χ2v) is 7.87. The van der Waals surface area contributed by atoms with Crippen LogP contribution in [-0.4, -0.2) is 29.1 Å². The van der Waals surface area contributed by atoms with Crippen molar-refractivity contribution in [2.75, 3.05) is 0 Å². The highest BCUT2D eigenvalue weighted by atomic mass is 16.6. The van der Waals surface area contributed by atoms with E-state index in [0.717, 1.165) is 12.8 Å². The van der Waals surface area contributed by atoms with Gasteiger partial charge in [0, 0.05) is 23.0 Å². The van der Waals surface area contributed by atoms with E-state index in [0.29, 0.717) is 29.7 Å². The fourth-order valence-corrected chi connectivity index (χ4v) is 4.82. The minimum atomic E-state index is -0.872. The van der Waals surface area contributed by atoms with Gasteiger partial charge >= 0.3 is 17.9 Å². The Kier molecular flexibility index (Phi) is 4.71. The van der Waals surface area contributed by atoms with Crippen LogP contribution in [0.15, 0.2) is 23.0 Å². The van der Waals surface area contributed by atoms with Gasteiger partial charge in [0.05, 0.1) is 11.8 Å². The second-order valence-electron chi connectivity index (χ2n) is 7.87. The van der Waals surface area contributed by atoms with Crippen LogP contribution in [0.3, 0.4) is 0 Å². The normalized spacial score (nSPS) is 36.9. The average molecular weight is 362 g/mol. The summed E-state index contributed by atoms with van der Waals surface area (Å²) in [5.74, 6) is -2.28.